The van der Waals surface area contributed by atoms with Gasteiger partial charge < -0.3 is 20.1 Å². The summed E-state index contributed by atoms with van der Waals surface area (Å²) < 4.78 is 5.59. The Morgan fingerprint density at radius 1 is 1.17 bits per heavy atom. The average molecular weight is 318 g/mol. The highest BCUT2D eigenvalue weighted by atomic mass is 16.5. The van der Waals surface area contributed by atoms with Crippen molar-refractivity contribution in [3.8, 4) is 5.75 Å². The van der Waals surface area contributed by atoms with Crippen molar-refractivity contribution in [1.82, 2.24) is 0 Å². The number of aryl methyl sites for hydroxylation is 1. The molecule has 0 spiro atoms. The lowest BCUT2D eigenvalue weighted by Gasteiger charge is -2.50. The molecule has 4 heteroatoms. The van der Waals surface area contributed by atoms with Crippen LogP contribution >= 0.6 is 0 Å². The second kappa shape index (κ2) is 5.20. The lowest BCUT2D eigenvalue weighted by Crippen LogP contribution is -2.46. The van der Waals surface area contributed by atoms with Crippen LogP contribution in [0.25, 0.3) is 0 Å². The zero-order valence-electron chi connectivity index (χ0n) is 13.8. The van der Waals surface area contributed by atoms with Gasteiger partial charge in [-0.15, -0.1) is 0 Å². The number of hydrogen-bond donors (Lipinski definition) is 3. The molecule has 0 aromatic heterocycles. The van der Waals surface area contributed by atoms with Gasteiger partial charge in [0.05, 0.1) is 12.2 Å². The summed E-state index contributed by atoms with van der Waals surface area (Å²) in [6, 6.07) is 5.71. The van der Waals surface area contributed by atoms with E-state index in [4.69, 9.17) is 4.74 Å². The molecule has 0 bridgehead atoms. The van der Waals surface area contributed by atoms with Crippen molar-refractivity contribution in [3.05, 3.63) is 29.3 Å². The number of aromatic hydroxyl groups is 1. The van der Waals surface area contributed by atoms with E-state index in [9.17, 15) is 15.3 Å². The maximum atomic E-state index is 10.7. The van der Waals surface area contributed by atoms with Gasteiger partial charge in [0.25, 0.3) is 0 Å². The summed E-state index contributed by atoms with van der Waals surface area (Å²) in [5, 5.41) is 30.9. The maximum absolute atomic E-state index is 10.7. The number of methoxy groups -OCH3 is 1. The predicted molar refractivity (Wildman–Crippen MR) is 86.3 cm³/mol. The van der Waals surface area contributed by atoms with Gasteiger partial charge in [-0.2, -0.15) is 0 Å². The minimum atomic E-state index is -0.796. The van der Waals surface area contributed by atoms with E-state index in [1.807, 2.05) is 6.07 Å². The molecule has 3 aliphatic rings. The fraction of sp³-hybridized carbons (Fsp3) is 0.684. The summed E-state index contributed by atoms with van der Waals surface area (Å²) in [5.41, 5.74) is 2.40. The number of fused-ring (bicyclic) bond motifs is 5. The van der Waals surface area contributed by atoms with Crippen LogP contribution in [-0.4, -0.2) is 40.7 Å². The van der Waals surface area contributed by atoms with E-state index in [1.165, 1.54) is 11.1 Å². The quantitative estimate of drug-likeness (QED) is 0.742. The topological polar surface area (TPSA) is 69.9 Å². The number of hydrogen-bond acceptors (Lipinski definition) is 4. The molecule has 7 atom stereocenters. The third kappa shape index (κ3) is 2.01. The fourth-order valence-electron chi connectivity index (χ4n) is 6.01. The second-order valence-electron chi connectivity index (χ2n) is 7.90. The third-order valence-electron chi connectivity index (χ3n) is 6.94. The minimum absolute atomic E-state index is 0.0724. The van der Waals surface area contributed by atoms with Crippen molar-refractivity contribution in [2.24, 2.45) is 17.3 Å². The first kappa shape index (κ1) is 15.4. The van der Waals surface area contributed by atoms with Crippen molar-refractivity contribution in [2.75, 3.05) is 7.11 Å². The molecule has 126 valence electrons. The number of ether oxygens (including phenoxy) is 1. The molecule has 0 saturated heterocycles. The highest BCUT2D eigenvalue weighted by Gasteiger charge is 2.62. The van der Waals surface area contributed by atoms with Gasteiger partial charge in [0, 0.05) is 12.5 Å². The summed E-state index contributed by atoms with van der Waals surface area (Å²) in [4.78, 5) is 0. The van der Waals surface area contributed by atoms with Crippen molar-refractivity contribution in [1.29, 1.82) is 0 Å². The Morgan fingerprint density at radius 2 is 1.96 bits per heavy atom. The molecule has 0 amide bonds. The number of rotatable bonds is 1. The van der Waals surface area contributed by atoms with Gasteiger partial charge >= 0.3 is 0 Å². The van der Waals surface area contributed by atoms with Crippen LogP contribution in [0, 0.1) is 17.3 Å². The zero-order valence-corrected chi connectivity index (χ0v) is 13.8. The third-order valence-corrected chi connectivity index (χ3v) is 6.94. The lowest BCUT2D eigenvalue weighted by atomic mass is 9.55. The zero-order chi connectivity index (χ0) is 16.4. The largest absolute Gasteiger partial charge is 0.508 e. The SMILES string of the molecule is CO[C@H]1[C@@H](O)[C@@H](O)C2C3CCc4cc(O)ccc4C3CC[C@@]21C. The summed E-state index contributed by atoms with van der Waals surface area (Å²) in [7, 11) is 1.64. The van der Waals surface area contributed by atoms with Gasteiger partial charge in [0.2, 0.25) is 0 Å². The van der Waals surface area contributed by atoms with Crippen molar-refractivity contribution in [3.63, 3.8) is 0 Å². The molecule has 3 aliphatic carbocycles. The second-order valence-corrected chi connectivity index (χ2v) is 7.90. The Balaban J connectivity index is 1.73. The molecular weight excluding hydrogens is 292 g/mol. The van der Waals surface area contributed by atoms with E-state index in [2.05, 4.69) is 13.0 Å². The van der Waals surface area contributed by atoms with E-state index in [0.717, 1.165) is 25.7 Å². The Morgan fingerprint density at radius 3 is 2.70 bits per heavy atom. The highest BCUT2D eigenvalue weighted by Crippen LogP contribution is 2.61. The van der Waals surface area contributed by atoms with Crippen molar-refractivity contribution in [2.45, 2.75) is 56.8 Å². The van der Waals surface area contributed by atoms with Gasteiger partial charge in [-0.05, 0) is 66.7 Å². The predicted octanol–water partition coefficient (Wildman–Crippen LogP) is 2.20. The van der Waals surface area contributed by atoms with Crippen LogP contribution in [0.1, 0.15) is 43.2 Å². The van der Waals surface area contributed by atoms with Gasteiger partial charge in [0.15, 0.2) is 0 Å². The Hall–Kier alpha value is -1.10. The monoisotopic (exact) mass is 318 g/mol. The molecule has 2 saturated carbocycles. The van der Waals surface area contributed by atoms with Crippen molar-refractivity contribution < 1.29 is 20.1 Å². The normalized spacial score (nSPS) is 45.2. The van der Waals surface area contributed by atoms with Crippen LogP contribution in [0.2, 0.25) is 0 Å². The Labute approximate surface area is 137 Å². The van der Waals surface area contributed by atoms with Crippen LogP contribution in [0.5, 0.6) is 5.75 Å². The fourth-order valence-corrected chi connectivity index (χ4v) is 6.01. The molecule has 1 aromatic carbocycles. The van der Waals surface area contributed by atoms with Gasteiger partial charge in [-0.3, -0.25) is 0 Å². The Bertz CT molecular complexity index is 615. The van der Waals surface area contributed by atoms with Crippen LogP contribution < -0.4 is 0 Å². The molecule has 4 rings (SSSR count). The average Bonchev–Trinajstić information content (AvgIpc) is 2.73. The smallest absolute Gasteiger partial charge is 0.115 e. The number of benzene rings is 1. The first-order valence-corrected chi connectivity index (χ1v) is 8.68. The molecule has 1 aromatic rings. The van der Waals surface area contributed by atoms with Gasteiger partial charge in [-0.1, -0.05) is 13.0 Å². The summed E-state index contributed by atoms with van der Waals surface area (Å²) in [6.45, 7) is 2.17. The summed E-state index contributed by atoms with van der Waals surface area (Å²) >= 11 is 0. The van der Waals surface area contributed by atoms with Gasteiger partial charge in [-0.25, -0.2) is 0 Å². The molecule has 3 N–H and O–H groups in total. The van der Waals surface area contributed by atoms with E-state index >= 15 is 0 Å². The molecule has 23 heavy (non-hydrogen) atoms. The first-order valence-electron chi connectivity index (χ1n) is 8.68. The molecule has 0 heterocycles. The summed E-state index contributed by atoms with van der Waals surface area (Å²) in [6.07, 6.45) is 2.14. The molecule has 2 fully saturated rings. The van der Waals surface area contributed by atoms with E-state index < -0.39 is 12.2 Å². The number of aliphatic hydroxyl groups is 2. The first-order chi connectivity index (χ1) is 11.0. The van der Waals surface area contributed by atoms with Crippen LogP contribution in [0.4, 0.5) is 0 Å². The molecule has 0 aliphatic heterocycles. The summed E-state index contributed by atoms with van der Waals surface area (Å²) in [5.74, 6) is 1.19. The number of phenols is 1. The van der Waals surface area contributed by atoms with E-state index in [1.54, 1.807) is 13.2 Å². The molecular formula is C19H26O4. The van der Waals surface area contributed by atoms with Gasteiger partial charge in [0.1, 0.15) is 11.9 Å². The van der Waals surface area contributed by atoms with Crippen LogP contribution in [-0.2, 0) is 11.2 Å². The molecule has 4 nitrogen and oxygen atoms in total. The molecule has 3 unspecified atom stereocenters. The van der Waals surface area contributed by atoms with E-state index in [0.29, 0.717) is 17.6 Å². The van der Waals surface area contributed by atoms with Crippen LogP contribution in [0.15, 0.2) is 18.2 Å². The van der Waals surface area contributed by atoms with Crippen LogP contribution in [0.3, 0.4) is 0 Å². The number of aliphatic hydroxyl groups excluding tert-OH is 2. The van der Waals surface area contributed by atoms with Crippen molar-refractivity contribution >= 4 is 0 Å². The molecule has 0 radical (unpaired) electrons. The standard InChI is InChI=1S/C19H26O4/c1-19-8-7-13-12-6-4-11(20)9-10(12)3-5-14(13)15(19)16(21)17(22)18(19)23-2/h4,6,9,13-18,20-22H,3,5,7-8H2,1-2H3/t13?,14?,15?,16-,17-,18-,19-/m0/s1. The highest BCUT2D eigenvalue weighted by molar-refractivity contribution is 5.40. The minimum Gasteiger partial charge on any atom is -0.508 e. The Kier molecular flexibility index (Phi) is 3.49. The number of phenolic OH excluding ortho intramolecular Hbond substituents is 1. The van der Waals surface area contributed by atoms with E-state index in [-0.39, 0.29) is 17.4 Å². The lowest BCUT2D eigenvalue weighted by molar-refractivity contribution is -0.0746. The maximum Gasteiger partial charge on any atom is 0.115 e.